The van der Waals surface area contributed by atoms with Crippen LogP contribution in [0.4, 0.5) is 4.79 Å². The van der Waals surface area contributed by atoms with Gasteiger partial charge in [-0.3, -0.25) is 10.9 Å². The summed E-state index contributed by atoms with van der Waals surface area (Å²) in [5.74, 6) is 0. The maximum Gasteiger partial charge on any atom is 0.438 e. The number of fused-ring (bicyclic) bond motifs is 1. The molecule has 1 aliphatic heterocycles. The van der Waals surface area contributed by atoms with Gasteiger partial charge in [0.2, 0.25) is 0 Å². The van der Waals surface area contributed by atoms with E-state index in [1.807, 2.05) is 19.1 Å². The first kappa shape index (κ1) is 11.4. The number of hydrogen-bond acceptors (Lipinski definition) is 3. The zero-order valence-corrected chi connectivity index (χ0v) is 9.91. The third-order valence-corrected chi connectivity index (χ3v) is 4.37. The van der Waals surface area contributed by atoms with Crippen molar-refractivity contribution < 1.29 is 15.7 Å². The van der Waals surface area contributed by atoms with Gasteiger partial charge in [0, 0.05) is 10.1 Å². The molecule has 1 aliphatic rings. The number of hydrogen-bond donors (Lipinski definition) is 2. The van der Waals surface area contributed by atoms with E-state index in [2.05, 4.69) is 17.9 Å². The molecule has 16 heavy (non-hydrogen) atoms. The second kappa shape index (κ2) is 4.45. The van der Waals surface area contributed by atoms with Crippen LogP contribution in [-0.2, 0) is 6.42 Å². The number of quaternary nitrogens is 1. The molecule has 0 radical (unpaired) electrons. The first-order valence-electron chi connectivity index (χ1n) is 5.18. The molecule has 2 atom stereocenters. The molecule has 0 fully saturated rings. The van der Waals surface area contributed by atoms with E-state index in [-0.39, 0.29) is 11.3 Å². The first-order valence-corrected chi connectivity index (χ1v) is 6.06. The van der Waals surface area contributed by atoms with Crippen LogP contribution in [0.25, 0.3) is 0 Å². The summed E-state index contributed by atoms with van der Waals surface area (Å²) in [6, 6.07) is 7.40. The van der Waals surface area contributed by atoms with Gasteiger partial charge in [-0.25, -0.2) is 4.79 Å². The number of thioether (sulfide) groups is 1. The highest BCUT2D eigenvalue weighted by Crippen LogP contribution is 2.39. The van der Waals surface area contributed by atoms with E-state index in [0.29, 0.717) is 0 Å². The molecular weight excluding hydrogens is 224 g/mol. The number of carbonyl (C=O) groups excluding carboxylic acids is 1. The predicted octanol–water partition coefficient (Wildman–Crippen LogP) is 1.15. The minimum absolute atomic E-state index is 0.202. The highest BCUT2D eigenvalue weighted by Gasteiger charge is 2.32. The molecule has 0 saturated heterocycles. The Morgan fingerprint density at radius 1 is 1.62 bits per heavy atom. The van der Waals surface area contributed by atoms with Gasteiger partial charge in [0.05, 0.1) is 6.04 Å². The summed E-state index contributed by atoms with van der Waals surface area (Å²) in [6.45, 7) is 1.84. The molecule has 4 nitrogen and oxygen atoms in total. The van der Waals surface area contributed by atoms with Crippen LogP contribution in [0.3, 0.4) is 0 Å². The summed E-state index contributed by atoms with van der Waals surface area (Å²) in [5, 5.41) is 10.5. The molecule has 1 heterocycles. The van der Waals surface area contributed by atoms with Crippen LogP contribution in [-0.4, -0.2) is 27.6 Å². The predicted molar refractivity (Wildman–Crippen MR) is 61.2 cm³/mol. The molecule has 0 saturated carbocycles. The van der Waals surface area contributed by atoms with Crippen molar-refractivity contribution in [3.8, 4) is 0 Å². The topological polar surface area (TPSA) is 68.2 Å². The van der Waals surface area contributed by atoms with Crippen molar-refractivity contribution in [2.75, 3.05) is 0 Å². The summed E-state index contributed by atoms with van der Waals surface area (Å²) in [4.78, 5) is 12.2. The lowest BCUT2D eigenvalue weighted by molar-refractivity contribution is -0.299. The normalized spacial score (nSPS) is 20.3. The molecule has 1 aromatic carbocycles. The Morgan fingerprint density at radius 2 is 2.31 bits per heavy atom. The SMILES string of the molecule is CC(C1Cc2ccccc2S1)N(O)C([NH3+])=O. The van der Waals surface area contributed by atoms with Crippen molar-refractivity contribution in [1.82, 2.24) is 5.06 Å². The number of hydroxylamine groups is 2. The fourth-order valence-electron chi connectivity index (χ4n) is 1.86. The highest BCUT2D eigenvalue weighted by molar-refractivity contribution is 8.00. The number of amides is 2. The van der Waals surface area contributed by atoms with Crippen molar-refractivity contribution in [2.24, 2.45) is 0 Å². The molecule has 2 rings (SSSR count). The van der Waals surface area contributed by atoms with Crippen molar-refractivity contribution >= 4 is 17.8 Å². The molecule has 5 heteroatoms. The van der Waals surface area contributed by atoms with E-state index >= 15 is 0 Å². The van der Waals surface area contributed by atoms with Gasteiger partial charge >= 0.3 is 6.03 Å². The van der Waals surface area contributed by atoms with Gasteiger partial charge < -0.3 is 0 Å². The van der Waals surface area contributed by atoms with E-state index < -0.39 is 6.03 Å². The molecule has 0 aromatic heterocycles. The van der Waals surface area contributed by atoms with Crippen molar-refractivity contribution in [1.29, 1.82) is 0 Å². The van der Waals surface area contributed by atoms with Crippen LogP contribution in [0.1, 0.15) is 12.5 Å². The Bertz CT molecular complexity index is 386. The Hall–Kier alpha value is -1.04. The Morgan fingerprint density at radius 3 is 2.94 bits per heavy atom. The summed E-state index contributed by atoms with van der Waals surface area (Å²) in [7, 11) is 0. The smallest absolute Gasteiger partial charge is 0.281 e. The van der Waals surface area contributed by atoms with Gasteiger partial charge in [-0.05, 0) is 25.0 Å². The van der Waals surface area contributed by atoms with E-state index in [1.165, 1.54) is 10.5 Å². The molecule has 2 amide bonds. The summed E-state index contributed by atoms with van der Waals surface area (Å²) < 4.78 is 0. The first-order chi connectivity index (χ1) is 7.59. The molecule has 1 aromatic rings. The highest BCUT2D eigenvalue weighted by atomic mass is 32.2. The number of carbonyl (C=O) groups is 1. The van der Waals surface area contributed by atoms with Crippen LogP contribution < -0.4 is 5.73 Å². The van der Waals surface area contributed by atoms with Crippen molar-refractivity contribution in [2.45, 2.75) is 29.5 Å². The maximum absolute atomic E-state index is 11.0. The van der Waals surface area contributed by atoms with Gasteiger partial charge in [-0.2, -0.15) is 5.06 Å². The third-order valence-electron chi connectivity index (χ3n) is 2.85. The number of nitrogens with zero attached hydrogens (tertiary/aromatic N) is 1. The van der Waals surface area contributed by atoms with E-state index in [0.717, 1.165) is 11.5 Å². The third kappa shape index (κ3) is 2.07. The number of benzene rings is 1. The Labute approximate surface area is 98.4 Å². The monoisotopic (exact) mass is 239 g/mol. The molecule has 0 bridgehead atoms. The molecule has 4 N–H and O–H groups in total. The van der Waals surface area contributed by atoms with Crippen molar-refractivity contribution in [3.63, 3.8) is 0 Å². The quantitative estimate of drug-likeness (QED) is 0.601. The minimum Gasteiger partial charge on any atom is -0.281 e. The Balaban J connectivity index is 2.09. The average molecular weight is 239 g/mol. The molecule has 86 valence electrons. The van der Waals surface area contributed by atoms with Crippen LogP contribution in [0.15, 0.2) is 29.2 Å². The summed E-state index contributed by atoms with van der Waals surface area (Å²) in [6.07, 6.45) is 0.881. The summed E-state index contributed by atoms with van der Waals surface area (Å²) >= 11 is 1.71. The fraction of sp³-hybridized carbons (Fsp3) is 0.364. The lowest BCUT2D eigenvalue weighted by Gasteiger charge is -2.23. The zero-order valence-electron chi connectivity index (χ0n) is 9.09. The lowest BCUT2D eigenvalue weighted by Crippen LogP contribution is -2.66. The standard InChI is InChI=1S/C11H14N2O2S/c1-7(13(15)11(12)14)10-6-8-4-2-3-5-9(8)16-10/h2-5,7,10,15H,6H2,1H3,(H2,12,14)/p+1. The largest absolute Gasteiger partial charge is 0.438 e. The van der Waals surface area contributed by atoms with E-state index in [4.69, 9.17) is 0 Å². The van der Waals surface area contributed by atoms with Gasteiger partial charge in [0.25, 0.3) is 0 Å². The number of urea groups is 1. The molecule has 0 aliphatic carbocycles. The van der Waals surface area contributed by atoms with E-state index in [9.17, 15) is 10.0 Å². The number of rotatable bonds is 2. The Kier molecular flexibility index (Phi) is 3.18. The lowest BCUT2D eigenvalue weighted by atomic mass is 10.1. The van der Waals surface area contributed by atoms with E-state index in [1.54, 1.807) is 11.8 Å². The van der Waals surface area contributed by atoms with Crippen LogP contribution in [0.2, 0.25) is 0 Å². The van der Waals surface area contributed by atoms with Crippen LogP contribution >= 0.6 is 11.8 Å². The maximum atomic E-state index is 11.0. The minimum atomic E-state index is -0.552. The van der Waals surface area contributed by atoms with Gasteiger partial charge in [0.1, 0.15) is 0 Å². The van der Waals surface area contributed by atoms with Crippen LogP contribution in [0, 0.1) is 0 Å². The second-order valence-corrected chi connectivity index (χ2v) is 5.23. The van der Waals surface area contributed by atoms with Gasteiger partial charge in [0.15, 0.2) is 0 Å². The fourth-order valence-corrected chi connectivity index (χ4v) is 3.22. The molecule has 0 spiro atoms. The van der Waals surface area contributed by atoms with Crippen LogP contribution in [0.5, 0.6) is 0 Å². The molecule has 2 unspecified atom stereocenters. The second-order valence-electron chi connectivity index (χ2n) is 3.95. The average Bonchev–Trinajstić information content (AvgIpc) is 2.70. The van der Waals surface area contributed by atoms with Gasteiger partial charge in [-0.15, -0.1) is 11.8 Å². The zero-order chi connectivity index (χ0) is 11.7. The van der Waals surface area contributed by atoms with Gasteiger partial charge in [-0.1, -0.05) is 18.2 Å². The van der Waals surface area contributed by atoms with Crippen molar-refractivity contribution in [3.05, 3.63) is 29.8 Å². The molecular formula is C11H15N2O2S+. The summed E-state index contributed by atoms with van der Waals surface area (Å²) in [5.41, 5.74) is 4.49.